The molecule has 2 aromatic carbocycles. The number of hydrogen-bond acceptors (Lipinski definition) is 4. The molecule has 0 aliphatic rings. The lowest BCUT2D eigenvalue weighted by molar-refractivity contribution is 0.112. The maximum absolute atomic E-state index is 11.2. The molecule has 0 amide bonds. The monoisotopic (exact) mass is 387 g/mol. The Bertz CT molecular complexity index is 944. The Morgan fingerprint density at radius 2 is 1.88 bits per heavy atom. The molecule has 3 rings (SSSR count). The molecule has 0 atom stereocenters. The smallest absolute Gasteiger partial charge is 0.221 e. The molecule has 0 saturated carbocycles. The number of benzene rings is 2. The molecule has 0 aliphatic heterocycles. The molecule has 3 aromatic rings. The molecule has 0 unspecified atom stereocenters. The number of aromatic nitrogens is 1. The third-order valence-corrected chi connectivity index (χ3v) is 4.34. The normalized spacial score (nSPS) is 10.4. The van der Waals surface area contributed by atoms with Gasteiger partial charge in [-0.3, -0.25) is 4.79 Å². The Morgan fingerprint density at radius 1 is 1.04 bits per heavy atom. The van der Waals surface area contributed by atoms with Gasteiger partial charge in [0.2, 0.25) is 5.88 Å². The van der Waals surface area contributed by atoms with Crippen LogP contribution in [0.25, 0.3) is 11.1 Å². The van der Waals surface area contributed by atoms with Gasteiger partial charge in [0.1, 0.15) is 17.8 Å². The van der Waals surface area contributed by atoms with Crippen molar-refractivity contribution in [2.45, 2.75) is 6.92 Å². The van der Waals surface area contributed by atoms with Crippen LogP contribution in [0.1, 0.15) is 17.3 Å². The van der Waals surface area contributed by atoms with Crippen LogP contribution in [-0.2, 0) is 0 Å². The topological polar surface area (TPSA) is 48.4 Å². The van der Waals surface area contributed by atoms with Crippen molar-refractivity contribution in [2.75, 3.05) is 6.61 Å². The summed E-state index contributed by atoms with van der Waals surface area (Å²) >= 11 is 12.0. The predicted octanol–water partition coefficient (Wildman–Crippen LogP) is 6.06. The second kappa shape index (κ2) is 8.21. The first kappa shape index (κ1) is 18.2. The van der Waals surface area contributed by atoms with E-state index >= 15 is 0 Å². The number of nitrogens with zero attached hydrogens (tertiary/aromatic N) is 1. The summed E-state index contributed by atoms with van der Waals surface area (Å²) in [6, 6.07) is 13.8. The van der Waals surface area contributed by atoms with Crippen LogP contribution < -0.4 is 9.47 Å². The quantitative estimate of drug-likeness (QED) is 0.482. The zero-order chi connectivity index (χ0) is 18.5. The van der Waals surface area contributed by atoms with Gasteiger partial charge in [0.15, 0.2) is 0 Å². The van der Waals surface area contributed by atoms with Crippen molar-refractivity contribution in [3.63, 3.8) is 0 Å². The van der Waals surface area contributed by atoms with E-state index in [9.17, 15) is 4.79 Å². The summed E-state index contributed by atoms with van der Waals surface area (Å²) < 4.78 is 11.6. The average Bonchev–Trinajstić information content (AvgIpc) is 2.66. The molecule has 0 N–H and O–H groups in total. The number of rotatable bonds is 6. The van der Waals surface area contributed by atoms with Gasteiger partial charge in [-0.1, -0.05) is 23.2 Å². The third-order valence-electron chi connectivity index (χ3n) is 3.60. The van der Waals surface area contributed by atoms with Crippen LogP contribution in [0.15, 0.2) is 54.7 Å². The van der Waals surface area contributed by atoms with Crippen molar-refractivity contribution in [1.82, 2.24) is 4.98 Å². The van der Waals surface area contributed by atoms with E-state index in [2.05, 4.69) is 4.98 Å². The van der Waals surface area contributed by atoms with Crippen molar-refractivity contribution in [2.24, 2.45) is 0 Å². The first-order valence-corrected chi connectivity index (χ1v) is 8.68. The highest BCUT2D eigenvalue weighted by atomic mass is 35.5. The molecule has 0 spiro atoms. The van der Waals surface area contributed by atoms with Crippen molar-refractivity contribution in [3.8, 4) is 28.5 Å². The summed E-state index contributed by atoms with van der Waals surface area (Å²) in [4.78, 5) is 15.5. The molecule has 4 nitrogen and oxygen atoms in total. The molecule has 0 bridgehead atoms. The minimum atomic E-state index is 0.395. The fourth-order valence-electron chi connectivity index (χ4n) is 2.44. The van der Waals surface area contributed by atoms with Crippen LogP contribution in [0.4, 0.5) is 0 Å². The van der Waals surface area contributed by atoms with Gasteiger partial charge in [0.25, 0.3) is 0 Å². The van der Waals surface area contributed by atoms with E-state index in [0.29, 0.717) is 45.2 Å². The van der Waals surface area contributed by atoms with Gasteiger partial charge in [-0.15, -0.1) is 0 Å². The van der Waals surface area contributed by atoms with Gasteiger partial charge in [0.05, 0.1) is 16.7 Å². The second-order valence-electron chi connectivity index (χ2n) is 5.34. The molecular weight excluding hydrogens is 373 g/mol. The highest BCUT2D eigenvalue weighted by Gasteiger charge is 2.15. The van der Waals surface area contributed by atoms with Crippen LogP contribution >= 0.6 is 23.2 Å². The molecule has 1 heterocycles. The van der Waals surface area contributed by atoms with Gasteiger partial charge in [-0.25, -0.2) is 4.98 Å². The van der Waals surface area contributed by atoms with Crippen molar-refractivity contribution in [1.29, 1.82) is 0 Å². The van der Waals surface area contributed by atoms with Crippen LogP contribution in [0.2, 0.25) is 10.0 Å². The van der Waals surface area contributed by atoms with E-state index < -0.39 is 0 Å². The Morgan fingerprint density at radius 3 is 2.62 bits per heavy atom. The molecular formula is C20H15Cl2NO3. The zero-order valence-electron chi connectivity index (χ0n) is 13.9. The van der Waals surface area contributed by atoms with E-state index in [1.807, 2.05) is 13.0 Å². The molecule has 0 aliphatic carbocycles. The maximum Gasteiger partial charge on any atom is 0.221 e. The summed E-state index contributed by atoms with van der Waals surface area (Å²) in [7, 11) is 0. The number of pyridine rings is 1. The largest absolute Gasteiger partial charge is 0.478 e. The highest BCUT2D eigenvalue weighted by Crippen LogP contribution is 2.39. The first-order valence-electron chi connectivity index (χ1n) is 7.92. The summed E-state index contributed by atoms with van der Waals surface area (Å²) in [5.74, 6) is 1.54. The Kier molecular flexibility index (Phi) is 5.76. The van der Waals surface area contributed by atoms with Crippen molar-refractivity contribution in [3.05, 3.63) is 70.3 Å². The van der Waals surface area contributed by atoms with Crippen molar-refractivity contribution >= 4 is 29.5 Å². The van der Waals surface area contributed by atoms with Gasteiger partial charge in [-0.2, -0.15) is 0 Å². The number of carbonyl (C=O) groups is 1. The van der Waals surface area contributed by atoms with Crippen LogP contribution in [-0.4, -0.2) is 17.9 Å². The Labute approximate surface area is 161 Å². The number of carbonyl (C=O) groups excluding carboxylic acids is 1. The standard InChI is InChI=1S/C20H15Cl2NO3/c1-2-25-20-15(4-3-9-23-20)16-10-13(12-24)5-8-19(16)26-14-6-7-17(21)18(22)11-14/h3-12H,2H2,1H3. The third kappa shape index (κ3) is 3.98. The molecule has 1 aromatic heterocycles. The molecule has 0 radical (unpaired) electrons. The number of halogens is 2. The summed E-state index contributed by atoms with van der Waals surface area (Å²) in [6.07, 6.45) is 2.43. The number of aldehydes is 1. The van der Waals surface area contributed by atoms with E-state index in [1.54, 1.807) is 48.7 Å². The molecule has 0 fully saturated rings. The lowest BCUT2D eigenvalue weighted by Crippen LogP contribution is -1.98. The summed E-state index contributed by atoms with van der Waals surface area (Å²) in [6.45, 7) is 2.35. The number of hydrogen-bond donors (Lipinski definition) is 0. The maximum atomic E-state index is 11.2. The summed E-state index contributed by atoms with van der Waals surface area (Å²) in [5.41, 5.74) is 1.94. The molecule has 0 saturated heterocycles. The van der Waals surface area contributed by atoms with E-state index in [1.165, 1.54) is 0 Å². The number of ether oxygens (including phenoxy) is 2. The van der Waals surface area contributed by atoms with Gasteiger partial charge in [0, 0.05) is 29.0 Å². The first-order chi connectivity index (χ1) is 12.6. The fraction of sp³-hybridized carbons (Fsp3) is 0.100. The SMILES string of the molecule is CCOc1ncccc1-c1cc(C=O)ccc1Oc1ccc(Cl)c(Cl)c1. The predicted molar refractivity (Wildman–Crippen MR) is 103 cm³/mol. The highest BCUT2D eigenvalue weighted by molar-refractivity contribution is 6.42. The zero-order valence-corrected chi connectivity index (χ0v) is 15.4. The van der Waals surface area contributed by atoms with Gasteiger partial charge < -0.3 is 9.47 Å². The Hall–Kier alpha value is -2.56. The lowest BCUT2D eigenvalue weighted by Gasteiger charge is -2.15. The molecule has 26 heavy (non-hydrogen) atoms. The molecule has 6 heteroatoms. The lowest BCUT2D eigenvalue weighted by atomic mass is 10.0. The average molecular weight is 388 g/mol. The summed E-state index contributed by atoms with van der Waals surface area (Å²) in [5, 5.41) is 0.841. The minimum absolute atomic E-state index is 0.395. The van der Waals surface area contributed by atoms with Crippen LogP contribution in [0.3, 0.4) is 0 Å². The van der Waals surface area contributed by atoms with Gasteiger partial charge >= 0.3 is 0 Å². The van der Waals surface area contributed by atoms with Gasteiger partial charge in [-0.05, 0) is 49.4 Å². The Balaban J connectivity index is 2.09. The van der Waals surface area contributed by atoms with Crippen molar-refractivity contribution < 1.29 is 14.3 Å². The minimum Gasteiger partial charge on any atom is -0.478 e. The van der Waals surface area contributed by atoms with Crippen LogP contribution in [0.5, 0.6) is 17.4 Å². The van der Waals surface area contributed by atoms with E-state index in [-0.39, 0.29) is 0 Å². The van der Waals surface area contributed by atoms with E-state index in [4.69, 9.17) is 32.7 Å². The van der Waals surface area contributed by atoms with Crippen LogP contribution in [0, 0.1) is 0 Å². The fourth-order valence-corrected chi connectivity index (χ4v) is 2.72. The van der Waals surface area contributed by atoms with E-state index in [0.717, 1.165) is 11.8 Å². The molecule has 132 valence electrons. The second-order valence-corrected chi connectivity index (χ2v) is 6.15.